The molecule has 0 saturated heterocycles. The Hall–Kier alpha value is -2.08. The molecule has 2 aromatic heterocycles. The van der Waals surface area contributed by atoms with Crippen LogP contribution in [0.3, 0.4) is 0 Å². The Bertz CT molecular complexity index is 676. The number of nitrogens with two attached hydrogens (primary N) is 1. The first kappa shape index (κ1) is 11.0. The fourth-order valence-corrected chi connectivity index (χ4v) is 2.04. The zero-order valence-electron chi connectivity index (χ0n) is 9.38. The summed E-state index contributed by atoms with van der Waals surface area (Å²) in [6.07, 6.45) is 1.94. The lowest BCUT2D eigenvalue weighted by atomic mass is 10.3. The Balaban J connectivity index is 1.93. The smallest absolute Gasteiger partial charge is 0.213 e. The van der Waals surface area contributed by atoms with E-state index in [2.05, 4.69) is 19.6 Å². The van der Waals surface area contributed by atoms with E-state index in [1.807, 2.05) is 16.7 Å². The molecular formula is C11H10ClN5O. The van der Waals surface area contributed by atoms with E-state index in [-0.39, 0.29) is 0 Å². The molecule has 0 radical (unpaired) electrons. The quantitative estimate of drug-likeness (QED) is 0.780. The van der Waals surface area contributed by atoms with E-state index >= 15 is 0 Å². The average Bonchev–Trinajstić information content (AvgIpc) is 2.93. The van der Waals surface area contributed by atoms with Crippen LogP contribution in [0.5, 0.6) is 0 Å². The first-order valence-corrected chi connectivity index (χ1v) is 5.78. The van der Waals surface area contributed by atoms with Gasteiger partial charge >= 0.3 is 0 Å². The van der Waals surface area contributed by atoms with E-state index in [0.717, 1.165) is 11.0 Å². The molecule has 0 aliphatic carbocycles. The molecular weight excluding hydrogens is 254 g/mol. The van der Waals surface area contributed by atoms with Crippen molar-refractivity contribution in [3.05, 3.63) is 35.4 Å². The van der Waals surface area contributed by atoms with Crippen molar-refractivity contribution in [1.29, 1.82) is 0 Å². The Kier molecular flexibility index (Phi) is 2.64. The number of nitrogens with zero attached hydrogens (tertiary/aromatic N) is 4. The molecule has 18 heavy (non-hydrogen) atoms. The Morgan fingerprint density at radius 3 is 3.06 bits per heavy atom. The van der Waals surface area contributed by atoms with Crippen molar-refractivity contribution in [3.8, 4) is 0 Å². The van der Waals surface area contributed by atoms with Crippen LogP contribution in [0.4, 0.5) is 5.95 Å². The van der Waals surface area contributed by atoms with E-state index < -0.39 is 0 Å². The van der Waals surface area contributed by atoms with Gasteiger partial charge in [0.15, 0.2) is 5.82 Å². The van der Waals surface area contributed by atoms with Crippen LogP contribution < -0.4 is 5.73 Å². The normalized spacial score (nSPS) is 11.2. The molecule has 3 aromatic rings. The van der Waals surface area contributed by atoms with E-state index in [4.69, 9.17) is 17.3 Å². The third-order valence-corrected chi connectivity index (χ3v) is 2.94. The second-order valence-electron chi connectivity index (χ2n) is 3.85. The number of benzene rings is 1. The van der Waals surface area contributed by atoms with Crippen LogP contribution in [-0.4, -0.2) is 19.7 Å². The highest BCUT2D eigenvalue weighted by Crippen LogP contribution is 2.21. The first-order valence-electron chi connectivity index (χ1n) is 5.40. The summed E-state index contributed by atoms with van der Waals surface area (Å²) in [5.74, 6) is 1.10. The van der Waals surface area contributed by atoms with Gasteiger partial charge in [-0.15, -0.1) is 0 Å². The van der Waals surface area contributed by atoms with Crippen molar-refractivity contribution in [2.75, 3.05) is 5.73 Å². The van der Waals surface area contributed by atoms with Crippen LogP contribution in [0.1, 0.15) is 5.82 Å². The van der Waals surface area contributed by atoms with Gasteiger partial charge in [-0.1, -0.05) is 16.8 Å². The van der Waals surface area contributed by atoms with Crippen LogP contribution in [-0.2, 0) is 13.0 Å². The fourth-order valence-electron chi connectivity index (χ4n) is 1.87. The van der Waals surface area contributed by atoms with Gasteiger partial charge in [0, 0.05) is 18.0 Å². The number of hydrogen-bond acceptors (Lipinski definition) is 5. The largest absolute Gasteiger partial charge is 0.369 e. The molecule has 2 heterocycles. The van der Waals surface area contributed by atoms with Gasteiger partial charge < -0.3 is 14.8 Å². The molecule has 0 amide bonds. The minimum Gasteiger partial charge on any atom is -0.369 e. The van der Waals surface area contributed by atoms with Crippen molar-refractivity contribution in [2.45, 2.75) is 13.0 Å². The van der Waals surface area contributed by atoms with E-state index in [9.17, 15) is 0 Å². The maximum absolute atomic E-state index is 5.92. The van der Waals surface area contributed by atoms with Gasteiger partial charge in [-0.2, -0.15) is 4.98 Å². The van der Waals surface area contributed by atoms with Crippen molar-refractivity contribution in [3.63, 3.8) is 0 Å². The molecule has 0 atom stereocenters. The number of aromatic nitrogens is 4. The lowest BCUT2D eigenvalue weighted by Gasteiger charge is -2.03. The molecule has 0 fully saturated rings. The summed E-state index contributed by atoms with van der Waals surface area (Å²) in [6.45, 7) is 0.642. The molecule has 0 saturated carbocycles. The Morgan fingerprint density at radius 1 is 1.39 bits per heavy atom. The lowest BCUT2D eigenvalue weighted by molar-refractivity contribution is 0.408. The Labute approximate surface area is 107 Å². The Morgan fingerprint density at radius 2 is 2.28 bits per heavy atom. The van der Waals surface area contributed by atoms with Crippen LogP contribution in [0.15, 0.2) is 29.1 Å². The van der Waals surface area contributed by atoms with Gasteiger partial charge in [-0.3, -0.25) is 0 Å². The maximum Gasteiger partial charge on any atom is 0.213 e. The van der Waals surface area contributed by atoms with Crippen LogP contribution in [0.2, 0.25) is 5.02 Å². The second kappa shape index (κ2) is 4.30. The lowest BCUT2D eigenvalue weighted by Crippen LogP contribution is -2.06. The van der Waals surface area contributed by atoms with E-state index in [1.54, 1.807) is 6.07 Å². The number of halogens is 1. The summed E-state index contributed by atoms with van der Waals surface area (Å²) >= 11 is 5.92. The molecule has 92 valence electrons. The summed E-state index contributed by atoms with van der Waals surface area (Å²) < 4.78 is 6.59. The molecule has 0 aliphatic rings. The number of nitrogen functional groups attached to an aromatic ring is 1. The molecule has 0 aliphatic heterocycles. The number of hydrogen-bond donors (Lipinski definition) is 1. The first-order chi connectivity index (χ1) is 8.74. The third-order valence-electron chi connectivity index (χ3n) is 2.71. The zero-order chi connectivity index (χ0) is 12.5. The van der Waals surface area contributed by atoms with Crippen molar-refractivity contribution in [1.82, 2.24) is 19.7 Å². The van der Waals surface area contributed by atoms with Gasteiger partial charge in [0.05, 0.1) is 11.0 Å². The number of rotatable bonds is 3. The summed E-state index contributed by atoms with van der Waals surface area (Å²) in [7, 11) is 0. The molecule has 7 heteroatoms. The summed E-state index contributed by atoms with van der Waals surface area (Å²) in [5, 5.41) is 4.40. The minimum atomic E-state index is 0.454. The molecule has 2 N–H and O–H groups in total. The molecule has 0 unspecified atom stereocenters. The highest BCUT2D eigenvalue weighted by atomic mass is 35.5. The molecule has 0 bridgehead atoms. The summed E-state index contributed by atoms with van der Waals surface area (Å²) in [4.78, 5) is 8.23. The topological polar surface area (TPSA) is 82.8 Å². The molecule has 1 aromatic carbocycles. The standard InChI is InChI=1S/C11H10ClN5O/c12-7-1-2-9-8(5-7)15-11(13)17(9)4-3-10-14-6-18-16-10/h1-2,5-6H,3-4H2,(H2,13,15). The van der Waals surface area contributed by atoms with E-state index in [0.29, 0.717) is 29.8 Å². The predicted molar refractivity (Wildman–Crippen MR) is 67.2 cm³/mol. The van der Waals surface area contributed by atoms with Gasteiger partial charge in [0.1, 0.15) is 0 Å². The second-order valence-corrected chi connectivity index (χ2v) is 4.29. The number of fused-ring (bicyclic) bond motifs is 1. The SMILES string of the molecule is Nc1nc2cc(Cl)ccc2n1CCc1ncon1. The number of anilines is 1. The van der Waals surface area contributed by atoms with Gasteiger partial charge in [-0.05, 0) is 18.2 Å². The fraction of sp³-hybridized carbons (Fsp3) is 0.182. The molecule has 0 spiro atoms. The highest BCUT2D eigenvalue weighted by Gasteiger charge is 2.09. The van der Waals surface area contributed by atoms with Crippen molar-refractivity contribution >= 4 is 28.6 Å². The third kappa shape index (κ3) is 1.91. The molecule has 3 rings (SSSR count). The zero-order valence-corrected chi connectivity index (χ0v) is 10.1. The minimum absolute atomic E-state index is 0.454. The van der Waals surface area contributed by atoms with Crippen LogP contribution >= 0.6 is 11.6 Å². The van der Waals surface area contributed by atoms with Gasteiger partial charge in [0.25, 0.3) is 0 Å². The molecule has 6 nitrogen and oxygen atoms in total. The average molecular weight is 264 g/mol. The maximum atomic E-state index is 5.92. The van der Waals surface area contributed by atoms with E-state index in [1.165, 1.54) is 6.39 Å². The summed E-state index contributed by atoms with van der Waals surface area (Å²) in [5.41, 5.74) is 7.62. The van der Waals surface area contributed by atoms with Crippen LogP contribution in [0.25, 0.3) is 11.0 Å². The summed E-state index contributed by atoms with van der Waals surface area (Å²) in [6, 6.07) is 5.51. The van der Waals surface area contributed by atoms with Gasteiger partial charge in [-0.25, -0.2) is 4.98 Å². The van der Waals surface area contributed by atoms with Gasteiger partial charge in [0.2, 0.25) is 12.3 Å². The van der Waals surface area contributed by atoms with Crippen molar-refractivity contribution in [2.24, 2.45) is 0 Å². The highest BCUT2D eigenvalue weighted by molar-refractivity contribution is 6.31. The van der Waals surface area contributed by atoms with Crippen LogP contribution in [0, 0.1) is 0 Å². The number of aryl methyl sites for hydroxylation is 2. The predicted octanol–water partition coefficient (Wildman–Crippen LogP) is 1.90. The number of imidazole rings is 1. The monoisotopic (exact) mass is 263 g/mol. The van der Waals surface area contributed by atoms with Crippen molar-refractivity contribution < 1.29 is 4.52 Å².